The molecule has 2 N–H and O–H groups in total. The molecule has 26 heavy (non-hydrogen) atoms. The van der Waals surface area contributed by atoms with Crippen molar-refractivity contribution >= 4 is 5.57 Å². The van der Waals surface area contributed by atoms with Crippen LogP contribution in [0.5, 0.6) is 11.5 Å². The van der Waals surface area contributed by atoms with Gasteiger partial charge in [0, 0.05) is 17.5 Å². The Morgan fingerprint density at radius 2 is 1.35 bits per heavy atom. The van der Waals surface area contributed by atoms with Crippen molar-refractivity contribution in [3.8, 4) is 11.5 Å². The van der Waals surface area contributed by atoms with Crippen LogP contribution in [0.25, 0.3) is 5.57 Å². The number of aryl methyl sites for hydroxylation is 2. The molecule has 0 aliphatic carbocycles. The van der Waals surface area contributed by atoms with E-state index in [4.69, 9.17) is 0 Å². The summed E-state index contributed by atoms with van der Waals surface area (Å²) in [6.07, 6.45) is 0.489. The molecule has 0 spiro atoms. The molecule has 0 saturated heterocycles. The quantitative estimate of drug-likeness (QED) is 0.685. The molecule has 0 amide bonds. The van der Waals surface area contributed by atoms with Crippen molar-refractivity contribution in [3.63, 3.8) is 0 Å². The summed E-state index contributed by atoms with van der Waals surface area (Å²) in [7, 11) is 0. The number of benzene rings is 2. The van der Waals surface area contributed by atoms with E-state index in [1.165, 1.54) is 0 Å². The van der Waals surface area contributed by atoms with Gasteiger partial charge in [-0.05, 0) is 79.0 Å². The Morgan fingerprint density at radius 1 is 0.885 bits per heavy atom. The summed E-state index contributed by atoms with van der Waals surface area (Å²) >= 11 is 0. The van der Waals surface area contributed by atoms with Crippen LogP contribution in [0.3, 0.4) is 0 Å². The average molecular weight is 353 g/mol. The largest absolute Gasteiger partial charge is 0.507 e. The molecule has 0 saturated carbocycles. The molecular formula is C24H32O2. The van der Waals surface area contributed by atoms with Crippen LogP contribution in [-0.4, -0.2) is 10.2 Å². The van der Waals surface area contributed by atoms with Gasteiger partial charge in [-0.15, -0.1) is 0 Å². The second kappa shape index (κ2) is 6.83. The van der Waals surface area contributed by atoms with Gasteiger partial charge in [0.05, 0.1) is 0 Å². The first-order chi connectivity index (χ1) is 11.9. The number of allylic oxidation sites excluding steroid dienone is 1. The van der Waals surface area contributed by atoms with Crippen molar-refractivity contribution in [3.05, 3.63) is 63.2 Å². The van der Waals surface area contributed by atoms with Gasteiger partial charge in [0.1, 0.15) is 11.5 Å². The molecule has 0 radical (unpaired) electrons. The average Bonchev–Trinajstić information content (AvgIpc) is 2.48. The van der Waals surface area contributed by atoms with E-state index < -0.39 is 0 Å². The number of phenolic OH excluding ortho intramolecular Hbond substituents is 2. The molecule has 2 nitrogen and oxygen atoms in total. The lowest BCUT2D eigenvalue weighted by Crippen LogP contribution is -2.15. The van der Waals surface area contributed by atoms with Gasteiger partial charge in [0.2, 0.25) is 0 Å². The third-order valence-electron chi connectivity index (χ3n) is 5.35. The molecule has 0 aromatic heterocycles. The third-order valence-corrected chi connectivity index (χ3v) is 5.35. The van der Waals surface area contributed by atoms with E-state index in [1.807, 2.05) is 32.9 Å². The van der Waals surface area contributed by atoms with E-state index in [2.05, 4.69) is 41.2 Å². The minimum Gasteiger partial charge on any atom is -0.507 e. The van der Waals surface area contributed by atoms with Crippen LogP contribution in [0.4, 0.5) is 0 Å². The molecule has 2 rings (SSSR count). The van der Waals surface area contributed by atoms with Crippen molar-refractivity contribution in [2.75, 3.05) is 0 Å². The summed E-state index contributed by atoms with van der Waals surface area (Å²) in [4.78, 5) is 0. The van der Waals surface area contributed by atoms with Gasteiger partial charge in [-0.1, -0.05) is 39.5 Å². The monoisotopic (exact) mass is 352 g/mol. The lowest BCUT2D eigenvalue weighted by molar-refractivity contribution is 0.438. The van der Waals surface area contributed by atoms with Crippen molar-refractivity contribution in [1.29, 1.82) is 0 Å². The highest BCUT2D eigenvalue weighted by Gasteiger charge is 2.25. The molecule has 0 aliphatic rings. The molecule has 2 aromatic rings. The second-order valence-electron chi connectivity index (χ2n) is 8.61. The highest BCUT2D eigenvalue weighted by Crippen LogP contribution is 2.40. The lowest BCUT2D eigenvalue weighted by Gasteiger charge is -2.26. The fourth-order valence-corrected chi connectivity index (χ4v) is 3.86. The fourth-order valence-electron chi connectivity index (χ4n) is 3.86. The van der Waals surface area contributed by atoms with E-state index in [9.17, 15) is 10.2 Å². The molecule has 140 valence electrons. The molecule has 0 aliphatic heterocycles. The third kappa shape index (κ3) is 3.51. The van der Waals surface area contributed by atoms with Crippen LogP contribution in [0.2, 0.25) is 0 Å². The molecule has 0 bridgehead atoms. The first-order valence-corrected chi connectivity index (χ1v) is 9.16. The van der Waals surface area contributed by atoms with Crippen molar-refractivity contribution in [2.24, 2.45) is 0 Å². The van der Waals surface area contributed by atoms with Crippen molar-refractivity contribution in [1.82, 2.24) is 0 Å². The zero-order valence-electron chi connectivity index (χ0n) is 17.5. The SMILES string of the molecule is C=C(C)c1c(C)c(C)cc(Cc2cc(C)c(C)c(C(C)(C)C)c2O)c1O. The molecule has 2 heteroatoms. The predicted molar refractivity (Wildman–Crippen MR) is 111 cm³/mol. The van der Waals surface area contributed by atoms with Gasteiger partial charge in [-0.3, -0.25) is 0 Å². The van der Waals surface area contributed by atoms with Crippen LogP contribution in [0.1, 0.15) is 72.2 Å². The Hall–Kier alpha value is -2.22. The Morgan fingerprint density at radius 3 is 1.81 bits per heavy atom. The normalized spacial score (nSPS) is 11.7. The number of hydrogen-bond donors (Lipinski definition) is 2. The molecule has 0 atom stereocenters. The first-order valence-electron chi connectivity index (χ1n) is 9.16. The summed E-state index contributed by atoms with van der Waals surface area (Å²) in [5, 5.41) is 21.8. The van der Waals surface area contributed by atoms with Crippen LogP contribution in [0, 0.1) is 27.7 Å². The number of aromatic hydroxyl groups is 2. The maximum atomic E-state index is 11.0. The minimum absolute atomic E-state index is 0.150. The predicted octanol–water partition coefficient (Wildman–Crippen LogP) is 6.25. The van der Waals surface area contributed by atoms with E-state index >= 15 is 0 Å². The van der Waals surface area contributed by atoms with Crippen molar-refractivity contribution < 1.29 is 10.2 Å². The number of phenols is 2. The Labute approximate surface area is 158 Å². The van der Waals surface area contributed by atoms with E-state index in [0.717, 1.165) is 50.1 Å². The number of hydrogen-bond acceptors (Lipinski definition) is 2. The minimum atomic E-state index is -0.150. The van der Waals surface area contributed by atoms with E-state index in [-0.39, 0.29) is 11.2 Å². The van der Waals surface area contributed by atoms with E-state index in [0.29, 0.717) is 12.2 Å². The summed E-state index contributed by atoms with van der Waals surface area (Å²) in [5.41, 5.74) is 8.64. The molecule has 0 heterocycles. The summed E-state index contributed by atoms with van der Waals surface area (Å²) in [6.45, 7) is 20.5. The zero-order valence-corrected chi connectivity index (χ0v) is 17.5. The Bertz CT molecular complexity index is 881. The van der Waals surface area contributed by atoms with Crippen LogP contribution in [0.15, 0.2) is 18.7 Å². The smallest absolute Gasteiger partial charge is 0.126 e. The standard InChI is InChI=1S/C24H32O2/c1-13(2)20-16(5)14(3)10-18(22(20)25)12-19-11-15(4)17(6)21(23(19)26)24(7,8)9/h10-11,25-26H,1,12H2,2-9H3. The van der Waals surface area contributed by atoms with Crippen LogP contribution < -0.4 is 0 Å². The molecule has 2 aromatic carbocycles. The first kappa shape index (κ1) is 20.1. The highest BCUT2D eigenvalue weighted by molar-refractivity contribution is 5.73. The fraction of sp³-hybridized carbons (Fsp3) is 0.417. The maximum absolute atomic E-state index is 11.0. The van der Waals surface area contributed by atoms with Gasteiger partial charge in [-0.25, -0.2) is 0 Å². The Kier molecular flexibility index (Phi) is 5.28. The van der Waals surface area contributed by atoms with Crippen molar-refractivity contribution in [2.45, 2.75) is 67.2 Å². The number of rotatable bonds is 3. The van der Waals surface area contributed by atoms with E-state index in [1.54, 1.807) is 0 Å². The lowest BCUT2D eigenvalue weighted by atomic mass is 9.80. The topological polar surface area (TPSA) is 40.5 Å². The van der Waals surface area contributed by atoms with Gasteiger partial charge < -0.3 is 10.2 Å². The highest BCUT2D eigenvalue weighted by atomic mass is 16.3. The van der Waals surface area contributed by atoms with Gasteiger partial charge in [-0.2, -0.15) is 0 Å². The van der Waals surface area contributed by atoms with Crippen LogP contribution >= 0.6 is 0 Å². The second-order valence-corrected chi connectivity index (χ2v) is 8.61. The van der Waals surface area contributed by atoms with Gasteiger partial charge in [0.25, 0.3) is 0 Å². The Balaban J connectivity index is 2.68. The molecule has 0 unspecified atom stereocenters. The van der Waals surface area contributed by atoms with Crippen LogP contribution in [-0.2, 0) is 11.8 Å². The maximum Gasteiger partial charge on any atom is 0.126 e. The summed E-state index contributed by atoms with van der Waals surface area (Å²) < 4.78 is 0. The molecule has 0 fully saturated rings. The zero-order chi connectivity index (χ0) is 20.0. The summed E-state index contributed by atoms with van der Waals surface area (Å²) in [5.74, 6) is 0.616. The molecular weight excluding hydrogens is 320 g/mol. The van der Waals surface area contributed by atoms with Gasteiger partial charge >= 0.3 is 0 Å². The summed E-state index contributed by atoms with van der Waals surface area (Å²) in [6, 6.07) is 4.05. The van der Waals surface area contributed by atoms with Gasteiger partial charge in [0.15, 0.2) is 0 Å².